The standard InChI is InChI=1S/C24H33FN6O/c1-16-3-5-18(11-20(16)25)14-31(19-12-26-13-19)24(32)30-9-7-29(8-10-30)23-22-17(2)4-6-21(22)27-15-28-23/h3,5,11,15,17,19,23,26H,4,6-10,12-14H2,1-2H3,(H,27,28)/t17-,23?/m1/s1. The monoisotopic (exact) mass is 440 g/mol. The van der Waals surface area contributed by atoms with Gasteiger partial charge in [-0.1, -0.05) is 19.1 Å². The second kappa shape index (κ2) is 8.83. The van der Waals surface area contributed by atoms with Crippen LogP contribution in [0, 0.1) is 18.7 Å². The molecule has 0 bridgehead atoms. The maximum atomic E-state index is 14.1. The number of urea groups is 1. The Morgan fingerprint density at radius 2 is 2.03 bits per heavy atom. The van der Waals surface area contributed by atoms with Crippen LogP contribution in [-0.2, 0) is 6.54 Å². The number of benzene rings is 1. The molecular formula is C24H33FN6O. The van der Waals surface area contributed by atoms with Crippen molar-refractivity contribution >= 4 is 12.4 Å². The van der Waals surface area contributed by atoms with E-state index in [1.165, 1.54) is 17.7 Å². The molecule has 0 radical (unpaired) electrons. The number of halogens is 1. The average Bonchev–Trinajstić information content (AvgIpc) is 3.15. The number of hydrogen-bond donors (Lipinski definition) is 2. The molecule has 8 heteroatoms. The van der Waals surface area contributed by atoms with Crippen LogP contribution >= 0.6 is 0 Å². The van der Waals surface area contributed by atoms with Crippen LogP contribution < -0.4 is 10.6 Å². The zero-order chi connectivity index (χ0) is 22.2. The highest BCUT2D eigenvalue weighted by atomic mass is 19.1. The molecule has 172 valence electrons. The first kappa shape index (κ1) is 21.4. The number of carbonyl (C=O) groups is 1. The van der Waals surface area contributed by atoms with Gasteiger partial charge < -0.3 is 20.4 Å². The number of hydrogen-bond acceptors (Lipinski definition) is 5. The van der Waals surface area contributed by atoms with Gasteiger partial charge in [-0.25, -0.2) is 9.18 Å². The minimum absolute atomic E-state index is 0.0556. The van der Waals surface area contributed by atoms with E-state index in [1.54, 1.807) is 19.1 Å². The van der Waals surface area contributed by atoms with Crippen molar-refractivity contribution in [2.45, 2.75) is 45.4 Å². The molecule has 32 heavy (non-hydrogen) atoms. The Hall–Kier alpha value is -2.45. The van der Waals surface area contributed by atoms with Crippen LogP contribution in [0.1, 0.15) is 30.9 Å². The van der Waals surface area contributed by atoms with Crippen molar-refractivity contribution in [3.8, 4) is 0 Å². The topological polar surface area (TPSA) is 63.2 Å². The second-order valence-corrected chi connectivity index (χ2v) is 9.50. The van der Waals surface area contributed by atoms with Crippen molar-refractivity contribution in [1.29, 1.82) is 0 Å². The molecule has 0 spiro atoms. The number of rotatable bonds is 4. The third-order valence-corrected chi connectivity index (χ3v) is 7.41. The molecule has 0 aromatic heterocycles. The van der Waals surface area contributed by atoms with Gasteiger partial charge in [0.2, 0.25) is 0 Å². The summed E-state index contributed by atoms with van der Waals surface area (Å²) in [6, 6.07) is 5.48. The SMILES string of the molecule is Cc1ccc(CN(C(=O)N2CCN(C3N=CNC4=C3[C@H](C)CC4)CC2)C2CNC2)cc1F. The number of aliphatic imine (C=N–C) groups is 1. The summed E-state index contributed by atoms with van der Waals surface area (Å²) in [5.41, 5.74) is 4.23. The predicted molar refractivity (Wildman–Crippen MR) is 123 cm³/mol. The quantitative estimate of drug-likeness (QED) is 0.754. The van der Waals surface area contributed by atoms with Crippen molar-refractivity contribution in [1.82, 2.24) is 25.3 Å². The van der Waals surface area contributed by atoms with Gasteiger partial charge in [-0.05, 0) is 48.4 Å². The molecule has 2 N–H and O–H groups in total. The summed E-state index contributed by atoms with van der Waals surface area (Å²) in [6.45, 7) is 9.07. The lowest BCUT2D eigenvalue weighted by Gasteiger charge is -2.44. The number of aryl methyl sites for hydroxylation is 1. The fraction of sp³-hybridized carbons (Fsp3) is 0.583. The summed E-state index contributed by atoms with van der Waals surface area (Å²) in [7, 11) is 0. The molecule has 4 aliphatic rings. The van der Waals surface area contributed by atoms with Crippen molar-refractivity contribution in [3.05, 3.63) is 46.4 Å². The largest absolute Gasteiger partial charge is 0.350 e. The number of nitrogens with zero attached hydrogens (tertiary/aromatic N) is 4. The minimum Gasteiger partial charge on any atom is -0.350 e. The lowest BCUT2D eigenvalue weighted by Crippen LogP contribution is -2.63. The lowest BCUT2D eigenvalue weighted by molar-refractivity contribution is 0.0774. The summed E-state index contributed by atoms with van der Waals surface area (Å²) >= 11 is 0. The maximum absolute atomic E-state index is 14.1. The van der Waals surface area contributed by atoms with Gasteiger partial charge in [0.15, 0.2) is 0 Å². The molecule has 3 heterocycles. The van der Waals surface area contributed by atoms with E-state index in [9.17, 15) is 9.18 Å². The highest BCUT2D eigenvalue weighted by Crippen LogP contribution is 2.36. The Morgan fingerprint density at radius 1 is 1.25 bits per heavy atom. The lowest BCUT2D eigenvalue weighted by atomic mass is 9.99. The minimum atomic E-state index is -0.215. The molecule has 1 unspecified atom stereocenters. The van der Waals surface area contributed by atoms with Gasteiger partial charge in [0, 0.05) is 51.5 Å². The van der Waals surface area contributed by atoms with Crippen LogP contribution in [-0.4, -0.2) is 78.5 Å². The number of amides is 2. The molecule has 7 nitrogen and oxygen atoms in total. The fourth-order valence-corrected chi connectivity index (χ4v) is 5.20. The summed E-state index contributed by atoms with van der Waals surface area (Å²) < 4.78 is 14.1. The van der Waals surface area contributed by atoms with Crippen molar-refractivity contribution in [2.24, 2.45) is 10.9 Å². The van der Waals surface area contributed by atoms with Gasteiger partial charge in [-0.15, -0.1) is 0 Å². The van der Waals surface area contributed by atoms with Crippen molar-refractivity contribution in [3.63, 3.8) is 0 Å². The van der Waals surface area contributed by atoms with Crippen LogP contribution in [0.4, 0.5) is 9.18 Å². The van der Waals surface area contributed by atoms with Gasteiger partial charge in [-0.3, -0.25) is 9.89 Å². The number of nitrogens with one attached hydrogen (secondary N) is 2. The van der Waals surface area contributed by atoms with E-state index < -0.39 is 0 Å². The first-order valence-corrected chi connectivity index (χ1v) is 11.8. The first-order chi connectivity index (χ1) is 15.5. The zero-order valence-corrected chi connectivity index (χ0v) is 19.0. The molecule has 2 saturated heterocycles. The fourth-order valence-electron chi connectivity index (χ4n) is 5.20. The first-order valence-electron chi connectivity index (χ1n) is 11.8. The van der Waals surface area contributed by atoms with Crippen LogP contribution in [0.2, 0.25) is 0 Å². The van der Waals surface area contributed by atoms with E-state index >= 15 is 0 Å². The van der Waals surface area contributed by atoms with Crippen LogP contribution in [0.15, 0.2) is 34.5 Å². The zero-order valence-electron chi connectivity index (χ0n) is 19.0. The molecule has 2 atom stereocenters. The summed E-state index contributed by atoms with van der Waals surface area (Å²) in [4.78, 5) is 24.5. The number of piperazine rings is 1. The van der Waals surface area contributed by atoms with Gasteiger partial charge in [0.25, 0.3) is 0 Å². The van der Waals surface area contributed by atoms with E-state index in [0.29, 0.717) is 31.1 Å². The van der Waals surface area contributed by atoms with Gasteiger partial charge in [-0.2, -0.15) is 0 Å². The van der Waals surface area contributed by atoms with E-state index in [1.807, 2.05) is 22.2 Å². The smallest absolute Gasteiger partial charge is 0.320 e. The average molecular weight is 441 g/mol. The van der Waals surface area contributed by atoms with E-state index in [0.717, 1.165) is 38.2 Å². The Balaban J connectivity index is 1.24. The van der Waals surface area contributed by atoms with Gasteiger partial charge >= 0.3 is 6.03 Å². The Morgan fingerprint density at radius 3 is 2.72 bits per heavy atom. The summed E-state index contributed by atoms with van der Waals surface area (Å²) in [6.07, 6.45) is 4.22. The molecule has 2 fully saturated rings. The number of allylic oxidation sites excluding steroid dienone is 1. The molecule has 1 aromatic rings. The number of carbonyl (C=O) groups excluding carboxylic acids is 1. The van der Waals surface area contributed by atoms with E-state index in [4.69, 9.17) is 4.99 Å². The summed E-state index contributed by atoms with van der Waals surface area (Å²) in [5, 5.41) is 6.60. The van der Waals surface area contributed by atoms with Crippen LogP contribution in [0.3, 0.4) is 0 Å². The Kier molecular flexibility index (Phi) is 5.90. The third-order valence-electron chi connectivity index (χ3n) is 7.41. The summed E-state index contributed by atoms with van der Waals surface area (Å²) in [5.74, 6) is 0.337. The van der Waals surface area contributed by atoms with Crippen molar-refractivity contribution < 1.29 is 9.18 Å². The van der Waals surface area contributed by atoms with Gasteiger partial charge in [0.1, 0.15) is 12.0 Å². The second-order valence-electron chi connectivity index (χ2n) is 9.50. The molecular weight excluding hydrogens is 407 g/mol. The highest BCUT2D eigenvalue weighted by Gasteiger charge is 2.37. The molecule has 1 aromatic carbocycles. The van der Waals surface area contributed by atoms with Crippen LogP contribution in [0.5, 0.6) is 0 Å². The van der Waals surface area contributed by atoms with E-state index in [-0.39, 0.29) is 24.1 Å². The normalized spacial score (nSPS) is 26.0. The maximum Gasteiger partial charge on any atom is 0.320 e. The van der Waals surface area contributed by atoms with Crippen LogP contribution in [0.25, 0.3) is 0 Å². The van der Waals surface area contributed by atoms with Crippen molar-refractivity contribution in [2.75, 3.05) is 39.3 Å². The molecule has 0 saturated carbocycles. The third kappa shape index (κ3) is 4.01. The van der Waals surface area contributed by atoms with Gasteiger partial charge in [0.05, 0.1) is 12.4 Å². The van der Waals surface area contributed by atoms with E-state index in [2.05, 4.69) is 22.5 Å². The molecule has 2 amide bonds. The Labute approximate surface area is 189 Å². The molecule has 3 aliphatic heterocycles. The highest BCUT2D eigenvalue weighted by molar-refractivity contribution is 5.75. The molecule has 1 aliphatic carbocycles. The predicted octanol–water partition coefficient (Wildman–Crippen LogP) is 2.29. The molecule has 5 rings (SSSR count). The Bertz CT molecular complexity index is 934.